The number of aliphatic hydroxyl groups excluding tert-OH is 2. The highest BCUT2D eigenvalue weighted by atomic mass is 16.7. The average molecular weight is 678 g/mol. The van der Waals surface area contributed by atoms with Crippen LogP contribution in [0.1, 0.15) is 110 Å². The summed E-state index contributed by atoms with van der Waals surface area (Å²) in [5.74, 6) is 2.35. The molecule has 3 N–H and O–H groups in total. The Hall–Kier alpha value is -1.62. The minimum atomic E-state index is -1.32. The number of carbonyl (C=O) groups excluding carboxylic acids is 1. The molecule has 1 aromatic rings. The Morgan fingerprint density at radius 3 is 2.57 bits per heavy atom. The number of ether oxygens (including phenoxy) is 3. The van der Waals surface area contributed by atoms with Crippen molar-refractivity contribution in [3.8, 4) is 0 Å². The van der Waals surface area contributed by atoms with Gasteiger partial charge in [-0.15, -0.1) is 0 Å². The van der Waals surface area contributed by atoms with Gasteiger partial charge in [-0.3, -0.25) is 9.78 Å². The van der Waals surface area contributed by atoms with Gasteiger partial charge in [0.25, 0.3) is 5.91 Å². The van der Waals surface area contributed by atoms with Crippen LogP contribution in [-0.4, -0.2) is 81.0 Å². The van der Waals surface area contributed by atoms with E-state index in [9.17, 15) is 20.1 Å². The van der Waals surface area contributed by atoms with Gasteiger partial charge in [-0.1, -0.05) is 34.6 Å². The molecule has 49 heavy (non-hydrogen) atoms. The normalized spacial score (nSPS) is 45.8. The lowest BCUT2D eigenvalue weighted by Gasteiger charge is -2.63. The van der Waals surface area contributed by atoms with E-state index in [-0.39, 0.29) is 45.5 Å². The molecule has 0 aromatic carbocycles. The highest BCUT2D eigenvalue weighted by Crippen LogP contribution is 2.90. The number of aromatic nitrogens is 1. The summed E-state index contributed by atoms with van der Waals surface area (Å²) in [6, 6.07) is 3.52. The molecule has 0 bridgehead atoms. The molecule has 5 saturated carbocycles. The number of amides is 1. The summed E-state index contributed by atoms with van der Waals surface area (Å²) < 4.78 is 19.5. The number of morpholine rings is 1. The third-order valence-corrected chi connectivity index (χ3v) is 15.5. The molecule has 269 valence electrons. The zero-order valence-electron chi connectivity index (χ0n) is 30.5. The maximum Gasteiger partial charge on any atom is 0.254 e. The zero-order chi connectivity index (χ0) is 34.9. The Balaban J connectivity index is 1.00. The standard InChI is InChI=1S/C40H57N2O7/c1-23-20-25(32(43)36(4,5)46)48-31-30(23)37(6)14-15-40-22-39(40)13-10-28(35(2,3)26(39)8-9-27(40)38(37,7)33(31)44)49-29-21-42(18-19-47-29)34(45)24-11-16-41-17-12-24/h11-12,16-17,23,26,28-30,32-33,43-44,46H,8-10,13-15,18-22H2,1-7H3/t23-,26+,28?,29+,30+,32+,33+,37-,38-,39-,40+/m1/s1. The van der Waals surface area contributed by atoms with E-state index in [1.54, 1.807) is 44.3 Å². The number of fused-ring (bicyclic) bond motifs is 4. The van der Waals surface area contributed by atoms with Gasteiger partial charge in [-0.25, -0.2) is 0 Å². The molecule has 1 unspecified atom stereocenters. The maximum atomic E-state index is 13.2. The van der Waals surface area contributed by atoms with Crippen molar-refractivity contribution in [2.24, 2.45) is 44.8 Å². The molecule has 1 aromatic heterocycles. The Bertz CT molecular complexity index is 1450. The number of hydrogen-bond acceptors (Lipinski definition) is 8. The quantitative estimate of drug-likeness (QED) is 0.374. The van der Waals surface area contributed by atoms with Crippen molar-refractivity contribution < 1.29 is 34.3 Å². The summed E-state index contributed by atoms with van der Waals surface area (Å²) in [6.45, 7) is 16.4. The van der Waals surface area contributed by atoms with Crippen LogP contribution in [0.15, 0.2) is 24.5 Å². The van der Waals surface area contributed by atoms with E-state index in [4.69, 9.17) is 14.2 Å². The molecule has 2 spiro atoms. The van der Waals surface area contributed by atoms with E-state index in [2.05, 4.69) is 39.6 Å². The van der Waals surface area contributed by atoms with Crippen molar-refractivity contribution in [1.82, 2.24) is 9.88 Å². The van der Waals surface area contributed by atoms with Crippen LogP contribution in [0.25, 0.3) is 0 Å². The summed E-state index contributed by atoms with van der Waals surface area (Å²) in [5.41, 5.74) is -0.972. The van der Waals surface area contributed by atoms with Crippen LogP contribution >= 0.6 is 0 Å². The van der Waals surface area contributed by atoms with Crippen LogP contribution in [0.5, 0.6) is 0 Å². The van der Waals surface area contributed by atoms with Crippen LogP contribution in [0, 0.1) is 63.0 Å². The second kappa shape index (κ2) is 11.2. The van der Waals surface area contributed by atoms with Gasteiger partial charge in [0.1, 0.15) is 18.3 Å². The molecular weight excluding hydrogens is 620 g/mol. The smallest absolute Gasteiger partial charge is 0.254 e. The van der Waals surface area contributed by atoms with Crippen LogP contribution in [0.3, 0.4) is 0 Å². The summed E-state index contributed by atoms with van der Waals surface area (Å²) in [4.78, 5) is 19.1. The number of hydrogen-bond donors (Lipinski definition) is 3. The lowest BCUT2D eigenvalue weighted by molar-refractivity contribution is -0.239. The van der Waals surface area contributed by atoms with Gasteiger partial charge in [-0.2, -0.15) is 0 Å². The molecule has 9 nitrogen and oxygen atoms in total. The van der Waals surface area contributed by atoms with Gasteiger partial charge in [0, 0.05) is 35.8 Å². The Morgan fingerprint density at radius 1 is 1.12 bits per heavy atom. The van der Waals surface area contributed by atoms with Gasteiger partial charge < -0.3 is 34.4 Å². The lowest BCUT2D eigenvalue weighted by Crippen LogP contribution is -2.59. The molecule has 3 radical (unpaired) electrons. The van der Waals surface area contributed by atoms with Gasteiger partial charge in [0.05, 0.1) is 31.0 Å². The number of nitrogens with zero attached hydrogens (tertiary/aromatic N) is 2. The Kier molecular flexibility index (Phi) is 7.87. The summed E-state index contributed by atoms with van der Waals surface area (Å²) >= 11 is 0. The molecule has 2 saturated heterocycles. The maximum absolute atomic E-state index is 13.2. The van der Waals surface area contributed by atoms with E-state index in [1.165, 1.54) is 6.42 Å². The minimum Gasteiger partial charge on any atom is -0.389 e. The molecule has 7 aliphatic rings. The van der Waals surface area contributed by atoms with Crippen molar-refractivity contribution in [3.05, 3.63) is 48.2 Å². The van der Waals surface area contributed by atoms with Crippen LogP contribution in [0.2, 0.25) is 0 Å². The SMILES string of the molecule is C[C@@H]1C[C]([C@H](O)C(C)(C)O)O[C]2[C@H]1[C@@]1(C)CC[C@@]34C[C@@]35CCC(O[C@H]3CN(C(=O)c6ccncc6)CCO3)C(C)(C)[C@@H]5CC[C]4[C@]1(C)[C@H]2O. The molecule has 2 aliphatic heterocycles. The fourth-order valence-corrected chi connectivity index (χ4v) is 13.0. The third kappa shape index (κ3) is 4.64. The number of pyridine rings is 1. The number of rotatable bonds is 5. The fraction of sp³-hybridized carbons (Fsp3) is 0.775. The second-order valence-corrected chi connectivity index (χ2v) is 18.5. The predicted octanol–water partition coefficient (Wildman–Crippen LogP) is 5.50. The summed E-state index contributed by atoms with van der Waals surface area (Å²) in [5, 5.41) is 34.0. The number of carbonyl (C=O) groups is 1. The van der Waals surface area contributed by atoms with E-state index in [0.29, 0.717) is 49.8 Å². The van der Waals surface area contributed by atoms with E-state index in [1.807, 2.05) is 4.90 Å². The molecule has 3 heterocycles. The first-order valence-electron chi connectivity index (χ1n) is 18.8. The predicted molar refractivity (Wildman–Crippen MR) is 182 cm³/mol. The topological polar surface area (TPSA) is 122 Å². The van der Waals surface area contributed by atoms with Crippen molar-refractivity contribution in [1.29, 1.82) is 0 Å². The molecule has 7 fully saturated rings. The second-order valence-electron chi connectivity index (χ2n) is 18.5. The molecular formula is C40H57N2O7. The van der Waals surface area contributed by atoms with Crippen LogP contribution in [-0.2, 0) is 14.2 Å². The number of aliphatic hydroxyl groups is 3. The molecule has 9 heteroatoms. The van der Waals surface area contributed by atoms with E-state index in [0.717, 1.165) is 38.5 Å². The molecule has 5 aliphatic carbocycles. The van der Waals surface area contributed by atoms with Crippen molar-refractivity contribution >= 4 is 5.91 Å². The molecule has 1 amide bonds. The van der Waals surface area contributed by atoms with Crippen LogP contribution < -0.4 is 0 Å². The average Bonchev–Trinajstić information content (AvgIpc) is 3.70. The van der Waals surface area contributed by atoms with Crippen molar-refractivity contribution in [2.45, 2.75) is 130 Å². The first-order valence-corrected chi connectivity index (χ1v) is 18.8. The summed E-state index contributed by atoms with van der Waals surface area (Å²) in [6.07, 6.45) is 10.3. The van der Waals surface area contributed by atoms with Crippen LogP contribution in [0.4, 0.5) is 0 Å². The van der Waals surface area contributed by atoms with Gasteiger partial charge in [0.2, 0.25) is 0 Å². The molecule has 11 atom stereocenters. The monoisotopic (exact) mass is 677 g/mol. The van der Waals surface area contributed by atoms with Gasteiger partial charge in [-0.05, 0) is 117 Å². The van der Waals surface area contributed by atoms with E-state index < -0.39 is 29.5 Å². The molecule has 8 rings (SSSR count). The van der Waals surface area contributed by atoms with E-state index >= 15 is 0 Å². The minimum absolute atomic E-state index is 0.0105. The zero-order valence-corrected chi connectivity index (χ0v) is 30.5. The Labute approximate surface area is 292 Å². The third-order valence-electron chi connectivity index (χ3n) is 15.5. The van der Waals surface area contributed by atoms with Gasteiger partial charge in [0.15, 0.2) is 6.29 Å². The lowest BCUT2D eigenvalue weighted by atomic mass is 9.41. The highest BCUT2D eigenvalue weighted by Gasteiger charge is 2.85. The first-order chi connectivity index (χ1) is 23.0. The first kappa shape index (κ1) is 34.5. The van der Waals surface area contributed by atoms with Gasteiger partial charge >= 0.3 is 0 Å². The highest BCUT2D eigenvalue weighted by molar-refractivity contribution is 5.94. The van der Waals surface area contributed by atoms with Crippen molar-refractivity contribution in [2.75, 3.05) is 19.7 Å². The summed E-state index contributed by atoms with van der Waals surface area (Å²) in [7, 11) is 0. The fourth-order valence-electron chi connectivity index (χ4n) is 13.0. The Morgan fingerprint density at radius 2 is 1.86 bits per heavy atom. The largest absolute Gasteiger partial charge is 0.389 e. The van der Waals surface area contributed by atoms with Crippen molar-refractivity contribution in [3.63, 3.8) is 0 Å².